The van der Waals surface area contributed by atoms with Crippen LogP contribution in [0.3, 0.4) is 0 Å². The molecule has 14 heteroatoms. The molecule has 0 spiro atoms. The Bertz CT molecular complexity index is 1590. The number of anilines is 4. The van der Waals surface area contributed by atoms with Crippen molar-refractivity contribution in [2.45, 2.75) is 73.2 Å². The lowest BCUT2D eigenvalue weighted by Crippen LogP contribution is -2.12. The zero-order valence-corrected chi connectivity index (χ0v) is 28.3. The van der Waals surface area contributed by atoms with Gasteiger partial charge in [-0.2, -0.15) is 36.3 Å². The molecule has 0 saturated carbocycles. The summed E-state index contributed by atoms with van der Waals surface area (Å²) >= 11 is 0. The van der Waals surface area contributed by atoms with E-state index in [0.717, 1.165) is 25.2 Å². The Balaban J connectivity index is 0.000000266. The second-order valence-corrected chi connectivity index (χ2v) is 11.9. The summed E-state index contributed by atoms with van der Waals surface area (Å²) in [5.74, 6) is 0.298. The van der Waals surface area contributed by atoms with Gasteiger partial charge in [0, 0.05) is 23.8 Å². The van der Waals surface area contributed by atoms with Crippen molar-refractivity contribution in [2.24, 2.45) is 11.8 Å². The molecule has 8 nitrogen and oxygen atoms in total. The van der Waals surface area contributed by atoms with E-state index in [9.17, 15) is 26.3 Å². The van der Waals surface area contributed by atoms with Gasteiger partial charge >= 0.3 is 12.4 Å². The maximum Gasteiger partial charge on any atom is 0.423 e. The van der Waals surface area contributed by atoms with E-state index < -0.39 is 35.2 Å². The highest BCUT2D eigenvalue weighted by molar-refractivity contribution is 5.55. The minimum Gasteiger partial charge on any atom is -0.477 e. The molecular formula is C35H42F6N6O2. The van der Waals surface area contributed by atoms with Gasteiger partial charge in [-0.15, -0.1) is 0 Å². The summed E-state index contributed by atoms with van der Waals surface area (Å²) in [6.07, 6.45) is -5.12. The Hall–Kier alpha value is -4.62. The highest BCUT2D eigenvalue weighted by Gasteiger charge is 2.37. The lowest BCUT2D eigenvalue weighted by atomic mass is 10.0. The smallest absolute Gasteiger partial charge is 0.423 e. The van der Waals surface area contributed by atoms with Crippen LogP contribution in [0.25, 0.3) is 0 Å². The SMILES string of the molecule is CCCOc1nc(Nc2ccc(CC(C)C)cc2)ncc1C(F)(F)F.CCOc1nc(Nc2ccc(CC(C)C)cc2)ncc1C(F)(F)F. The molecule has 266 valence electrons. The van der Waals surface area contributed by atoms with Crippen LogP contribution in [-0.4, -0.2) is 33.1 Å². The zero-order chi connectivity index (χ0) is 36.2. The first kappa shape index (κ1) is 38.8. The number of halogens is 6. The summed E-state index contributed by atoms with van der Waals surface area (Å²) in [7, 11) is 0. The first-order valence-electron chi connectivity index (χ1n) is 15.9. The number of hydrogen-bond donors (Lipinski definition) is 2. The van der Waals surface area contributed by atoms with Crippen molar-refractivity contribution >= 4 is 23.3 Å². The van der Waals surface area contributed by atoms with E-state index in [1.165, 1.54) is 11.1 Å². The number of aromatic nitrogens is 4. The number of ether oxygens (including phenoxy) is 2. The molecule has 0 saturated heterocycles. The molecule has 0 fully saturated rings. The van der Waals surface area contributed by atoms with Crippen molar-refractivity contribution in [3.63, 3.8) is 0 Å². The predicted molar refractivity (Wildman–Crippen MR) is 178 cm³/mol. The molecule has 0 bridgehead atoms. The van der Waals surface area contributed by atoms with Crippen LogP contribution < -0.4 is 20.1 Å². The standard InChI is InChI=1S/C18H22F3N3O.C17H20F3N3O/c1-4-9-25-16-15(18(19,20)21)11-22-17(24-16)23-14-7-5-13(6-8-14)10-12(2)3;1-4-24-15-14(17(18,19)20)10-21-16(23-15)22-13-7-5-12(6-8-13)9-11(2)3/h5-8,11-12H,4,9-10H2,1-3H3,(H,22,23,24);5-8,10-11H,4,9H2,1-3H3,(H,21,22,23). The van der Waals surface area contributed by atoms with Crippen molar-refractivity contribution < 1.29 is 35.8 Å². The number of hydrogen-bond acceptors (Lipinski definition) is 8. The second-order valence-electron chi connectivity index (χ2n) is 11.9. The fraction of sp³-hybridized carbons (Fsp3) is 0.429. The van der Waals surface area contributed by atoms with Crippen LogP contribution in [0.5, 0.6) is 11.8 Å². The zero-order valence-electron chi connectivity index (χ0n) is 28.3. The molecule has 2 heterocycles. The average Bonchev–Trinajstić information content (AvgIpc) is 3.01. The van der Waals surface area contributed by atoms with E-state index in [0.29, 0.717) is 29.6 Å². The molecule has 2 N–H and O–H groups in total. The first-order valence-corrected chi connectivity index (χ1v) is 15.9. The molecule has 0 aliphatic rings. The summed E-state index contributed by atoms with van der Waals surface area (Å²) in [4.78, 5) is 15.2. The van der Waals surface area contributed by atoms with E-state index in [1.807, 2.05) is 55.5 Å². The van der Waals surface area contributed by atoms with Crippen LogP contribution in [0, 0.1) is 11.8 Å². The fourth-order valence-electron chi connectivity index (χ4n) is 4.45. The van der Waals surface area contributed by atoms with Gasteiger partial charge in [-0.3, -0.25) is 0 Å². The molecule has 0 aliphatic heterocycles. The van der Waals surface area contributed by atoms with Crippen molar-refractivity contribution in [1.82, 2.24) is 19.9 Å². The van der Waals surface area contributed by atoms with Crippen LogP contribution in [0.1, 0.15) is 70.2 Å². The highest BCUT2D eigenvalue weighted by Crippen LogP contribution is 2.36. The Morgan fingerprint density at radius 3 is 1.33 bits per heavy atom. The third kappa shape index (κ3) is 12.7. The Labute approximate surface area is 282 Å². The van der Waals surface area contributed by atoms with Crippen molar-refractivity contribution in [3.05, 3.63) is 83.2 Å². The van der Waals surface area contributed by atoms with Gasteiger partial charge in [-0.05, 0) is 73.4 Å². The third-order valence-electron chi connectivity index (χ3n) is 6.55. The van der Waals surface area contributed by atoms with Gasteiger partial charge in [0.15, 0.2) is 0 Å². The van der Waals surface area contributed by atoms with E-state index >= 15 is 0 Å². The number of nitrogens with one attached hydrogen (secondary N) is 2. The minimum absolute atomic E-state index is 0.0584. The van der Waals surface area contributed by atoms with Crippen LogP contribution in [0.15, 0.2) is 60.9 Å². The van der Waals surface area contributed by atoms with E-state index in [-0.39, 0.29) is 25.1 Å². The Morgan fingerprint density at radius 1 is 0.612 bits per heavy atom. The van der Waals surface area contributed by atoms with Gasteiger partial charge in [0.2, 0.25) is 23.7 Å². The maximum atomic E-state index is 13.0. The first-order chi connectivity index (χ1) is 23.1. The van der Waals surface area contributed by atoms with Crippen molar-refractivity contribution in [1.29, 1.82) is 0 Å². The molecule has 0 unspecified atom stereocenters. The second kappa shape index (κ2) is 17.7. The number of nitrogens with zero attached hydrogens (tertiary/aromatic N) is 4. The quantitative estimate of drug-likeness (QED) is 0.134. The highest BCUT2D eigenvalue weighted by atomic mass is 19.4. The maximum absolute atomic E-state index is 13.0. The van der Waals surface area contributed by atoms with Crippen molar-refractivity contribution in [2.75, 3.05) is 23.8 Å². The largest absolute Gasteiger partial charge is 0.477 e. The summed E-state index contributed by atoms with van der Waals surface area (Å²) in [6.45, 7) is 12.2. The van der Waals surface area contributed by atoms with Crippen LogP contribution in [0.2, 0.25) is 0 Å². The van der Waals surface area contributed by atoms with Gasteiger partial charge in [0.05, 0.1) is 13.2 Å². The van der Waals surface area contributed by atoms with Gasteiger partial charge < -0.3 is 20.1 Å². The molecule has 4 rings (SSSR count). The number of rotatable bonds is 13. The minimum atomic E-state index is -4.56. The number of benzene rings is 2. The summed E-state index contributed by atoms with van der Waals surface area (Å²) < 4.78 is 87.8. The molecule has 2 aromatic carbocycles. The normalized spacial score (nSPS) is 11.6. The van der Waals surface area contributed by atoms with E-state index in [1.54, 1.807) is 6.92 Å². The lowest BCUT2D eigenvalue weighted by Gasteiger charge is -2.14. The monoisotopic (exact) mass is 692 g/mol. The Kier molecular flexibility index (Phi) is 14.0. The predicted octanol–water partition coefficient (Wildman–Crippen LogP) is 10.1. The molecule has 49 heavy (non-hydrogen) atoms. The topological polar surface area (TPSA) is 94.1 Å². The van der Waals surface area contributed by atoms with Crippen LogP contribution >= 0.6 is 0 Å². The van der Waals surface area contributed by atoms with Gasteiger partial charge in [0.1, 0.15) is 11.1 Å². The Morgan fingerprint density at radius 2 is 1.00 bits per heavy atom. The van der Waals surface area contributed by atoms with Gasteiger partial charge in [-0.1, -0.05) is 58.9 Å². The molecule has 0 amide bonds. The molecule has 0 aliphatic carbocycles. The van der Waals surface area contributed by atoms with Gasteiger partial charge in [0.25, 0.3) is 0 Å². The van der Waals surface area contributed by atoms with E-state index in [4.69, 9.17) is 9.47 Å². The average molecular weight is 693 g/mol. The molecule has 0 radical (unpaired) electrons. The number of alkyl halides is 6. The summed E-state index contributed by atoms with van der Waals surface area (Å²) in [6, 6.07) is 15.3. The van der Waals surface area contributed by atoms with Crippen LogP contribution in [0.4, 0.5) is 49.6 Å². The van der Waals surface area contributed by atoms with Crippen molar-refractivity contribution in [3.8, 4) is 11.8 Å². The van der Waals surface area contributed by atoms with Gasteiger partial charge in [-0.25, -0.2) is 9.97 Å². The molecular weight excluding hydrogens is 650 g/mol. The molecule has 0 atom stereocenters. The van der Waals surface area contributed by atoms with Crippen LogP contribution in [-0.2, 0) is 25.2 Å². The van der Waals surface area contributed by atoms with E-state index in [2.05, 4.69) is 58.3 Å². The lowest BCUT2D eigenvalue weighted by molar-refractivity contribution is -0.140. The molecule has 2 aromatic heterocycles. The summed E-state index contributed by atoms with van der Waals surface area (Å²) in [5, 5.41) is 5.80. The molecule has 4 aromatic rings. The summed E-state index contributed by atoms with van der Waals surface area (Å²) in [5.41, 5.74) is 1.83. The fourth-order valence-corrected chi connectivity index (χ4v) is 4.45. The third-order valence-corrected chi connectivity index (χ3v) is 6.55.